The number of amides is 1. The molecular formula is C28H30N4O2. The average Bonchev–Trinajstić information content (AvgIpc) is 3.56. The molecule has 2 aliphatic rings. The molecule has 0 saturated carbocycles. The van der Waals surface area contributed by atoms with Gasteiger partial charge in [0.05, 0.1) is 35.7 Å². The highest BCUT2D eigenvalue weighted by atomic mass is 16.5. The lowest BCUT2D eigenvalue weighted by Crippen LogP contribution is -2.38. The molecule has 6 heteroatoms. The van der Waals surface area contributed by atoms with Crippen LogP contribution in [-0.4, -0.2) is 33.9 Å². The third kappa shape index (κ3) is 4.24. The minimum atomic E-state index is 0.0212. The molecule has 1 unspecified atom stereocenters. The highest BCUT2D eigenvalue weighted by molar-refractivity contribution is 5.97. The Morgan fingerprint density at radius 2 is 1.94 bits per heavy atom. The van der Waals surface area contributed by atoms with Crippen molar-refractivity contribution in [3.05, 3.63) is 76.1 Å². The number of nitrogens with zero attached hydrogens (tertiary/aromatic N) is 3. The van der Waals surface area contributed by atoms with Crippen molar-refractivity contribution in [3.8, 4) is 17.5 Å². The molecule has 6 nitrogen and oxygen atoms in total. The van der Waals surface area contributed by atoms with Crippen LogP contribution in [0.1, 0.15) is 82.6 Å². The van der Waals surface area contributed by atoms with E-state index in [4.69, 9.17) is 10.00 Å². The maximum Gasteiger partial charge on any atom is 0.254 e. The van der Waals surface area contributed by atoms with E-state index in [2.05, 4.69) is 29.0 Å². The zero-order valence-corrected chi connectivity index (χ0v) is 19.8. The van der Waals surface area contributed by atoms with E-state index in [1.54, 1.807) is 0 Å². The van der Waals surface area contributed by atoms with Gasteiger partial charge in [0, 0.05) is 24.3 Å². The van der Waals surface area contributed by atoms with Gasteiger partial charge >= 0.3 is 0 Å². The summed E-state index contributed by atoms with van der Waals surface area (Å²) in [5.74, 6) is 0.832. The van der Waals surface area contributed by atoms with Crippen LogP contribution in [0, 0.1) is 25.2 Å². The number of carbonyl (C=O) groups excluding carboxylic acids is 1. The zero-order valence-electron chi connectivity index (χ0n) is 19.8. The zero-order chi connectivity index (χ0) is 23.7. The number of aromatic amines is 1. The van der Waals surface area contributed by atoms with Crippen LogP contribution in [0.5, 0.6) is 0 Å². The van der Waals surface area contributed by atoms with E-state index in [1.165, 1.54) is 0 Å². The Hall–Kier alpha value is -3.43. The molecule has 2 aromatic carbocycles. The van der Waals surface area contributed by atoms with Crippen molar-refractivity contribution >= 4 is 5.91 Å². The Kier molecular flexibility index (Phi) is 6.21. The smallest absolute Gasteiger partial charge is 0.254 e. The summed E-state index contributed by atoms with van der Waals surface area (Å²) in [6.07, 6.45) is 7.02. The first-order chi connectivity index (χ1) is 16.5. The number of likely N-dealkylation sites (tertiary alicyclic amines) is 1. The van der Waals surface area contributed by atoms with Crippen LogP contribution in [0.4, 0.5) is 0 Å². The predicted octanol–water partition coefficient (Wildman–Crippen LogP) is 5.78. The van der Waals surface area contributed by atoms with Crippen molar-refractivity contribution < 1.29 is 9.53 Å². The van der Waals surface area contributed by atoms with Crippen molar-refractivity contribution in [1.82, 2.24) is 14.9 Å². The Balaban J connectivity index is 1.46. The largest absolute Gasteiger partial charge is 0.372 e. The number of H-pyrrole nitrogens is 1. The van der Waals surface area contributed by atoms with Crippen molar-refractivity contribution in [3.63, 3.8) is 0 Å². The average molecular weight is 455 g/mol. The molecule has 0 aliphatic carbocycles. The lowest BCUT2D eigenvalue weighted by molar-refractivity contribution is 0.0611. The molecule has 2 saturated heterocycles. The number of hydrogen-bond acceptors (Lipinski definition) is 4. The number of imidazole rings is 1. The van der Waals surface area contributed by atoms with E-state index in [0.717, 1.165) is 84.6 Å². The molecular weight excluding hydrogens is 424 g/mol. The van der Waals surface area contributed by atoms with Crippen LogP contribution < -0.4 is 0 Å². The monoisotopic (exact) mass is 454 g/mol. The fraction of sp³-hybridized carbons (Fsp3) is 0.393. The minimum Gasteiger partial charge on any atom is -0.372 e. The molecule has 0 spiro atoms. The number of benzene rings is 2. The number of nitrogens with one attached hydrogen (secondary N) is 1. The van der Waals surface area contributed by atoms with Crippen LogP contribution >= 0.6 is 0 Å². The van der Waals surface area contributed by atoms with Gasteiger partial charge in [-0.2, -0.15) is 5.26 Å². The lowest BCUT2D eigenvalue weighted by Gasteiger charge is -2.36. The lowest BCUT2D eigenvalue weighted by atomic mass is 9.92. The quantitative estimate of drug-likeness (QED) is 0.541. The van der Waals surface area contributed by atoms with E-state index < -0.39 is 0 Å². The molecule has 1 N–H and O–H groups in total. The fourth-order valence-corrected chi connectivity index (χ4v) is 5.25. The summed E-state index contributed by atoms with van der Waals surface area (Å²) in [4.78, 5) is 23.9. The van der Waals surface area contributed by atoms with Crippen LogP contribution in [-0.2, 0) is 4.74 Å². The molecule has 1 aromatic heterocycles. The van der Waals surface area contributed by atoms with Gasteiger partial charge in [-0.05, 0) is 80.8 Å². The molecule has 0 radical (unpaired) electrons. The topological polar surface area (TPSA) is 82.0 Å². The first-order valence-corrected chi connectivity index (χ1v) is 12.1. The van der Waals surface area contributed by atoms with Crippen LogP contribution in [0.3, 0.4) is 0 Å². The number of carbonyl (C=O) groups is 1. The molecule has 2 fully saturated rings. The third-order valence-electron chi connectivity index (χ3n) is 7.12. The third-order valence-corrected chi connectivity index (χ3v) is 7.12. The van der Waals surface area contributed by atoms with Crippen molar-refractivity contribution in [1.29, 1.82) is 5.26 Å². The second kappa shape index (κ2) is 9.44. The van der Waals surface area contributed by atoms with Crippen molar-refractivity contribution in [2.75, 3.05) is 13.2 Å². The number of nitriles is 1. The second-order valence-corrected chi connectivity index (χ2v) is 9.41. The van der Waals surface area contributed by atoms with E-state index in [0.29, 0.717) is 5.56 Å². The van der Waals surface area contributed by atoms with E-state index in [1.807, 2.05) is 48.4 Å². The van der Waals surface area contributed by atoms with Gasteiger partial charge in [0.2, 0.25) is 0 Å². The summed E-state index contributed by atoms with van der Waals surface area (Å²) < 4.78 is 5.80. The van der Waals surface area contributed by atoms with Gasteiger partial charge in [0.1, 0.15) is 5.82 Å². The molecule has 2 aliphatic heterocycles. The first kappa shape index (κ1) is 22.4. The highest BCUT2D eigenvalue weighted by Gasteiger charge is 2.30. The highest BCUT2D eigenvalue weighted by Crippen LogP contribution is 2.35. The summed E-state index contributed by atoms with van der Waals surface area (Å²) in [6, 6.07) is 13.9. The van der Waals surface area contributed by atoms with Gasteiger partial charge in [-0.1, -0.05) is 18.2 Å². The normalized spacial score (nSPS) is 20.3. The Bertz CT molecular complexity index is 1230. The SMILES string of the molecule is Cc1cc(C)c(-c2ncc(C3CCCO3)[nH]2)cc1C(=O)N1CCCC[C@H]1c1ccc(C#N)cc1. The van der Waals surface area contributed by atoms with Gasteiger partial charge in [0.15, 0.2) is 0 Å². The van der Waals surface area contributed by atoms with E-state index >= 15 is 0 Å². The standard InChI is InChI=1S/C28H30N4O2/c1-18-14-19(2)23(15-22(18)27-30-17-24(31-27)26-7-5-13-34-26)28(33)32-12-4-3-6-25(32)21-10-8-20(16-29)9-11-21/h8-11,14-15,17,25-26H,3-7,12-13H2,1-2H3,(H,30,31)/t25-,26?/m0/s1. The number of ether oxygens (including phenoxy) is 1. The van der Waals surface area contributed by atoms with Gasteiger partial charge < -0.3 is 14.6 Å². The minimum absolute atomic E-state index is 0.0212. The Labute approximate surface area is 200 Å². The van der Waals surface area contributed by atoms with Gasteiger partial charge in [-0.25, -0.2) is 4.98 Å². The summed E-state index contributed by atoms with van der Waals surface area (Å²) in [6.45, 7) is 5.59. The maximum atomic E-state index is 13.9. The summed E-state index contributed by atoms with van der Waals surface area (Å²) in [7, 11) is 0. The van der Waals surface area contributed by atoms with Crippen LogP contribution in [0.15, 0.2) is 42.6 Å². The molecule has 5 rings (SSSR count). The van der Waals surface area contributed by atoms with Crippen LogP contribution in [0.2, 0.25) is 0 Å². The molecule has 34 heavy (non-hydrogen) atoms. The number of piperidine rings is 1. The summed E-state index contributed by atoms with van der Waals surface area (Å²) in [5.41, 5.74) is 6.45. The molecule has 0 bridgehead atoms. The van der Waals surface area contributed by atoms with Crippen LogP contribution in [0.25, 0.3) is 11.4 Å². The van der Waals surface area contributed by atoms with E-state index in [9.17, 15) is 4.79 Å². The Morgan fingerprint density at radius 1 is 1.12 bits per heavy atom. The van der Waals surface area contributed by atoms with Crippen molar-refractivity contribution in [2.45, 2.75) is 58.1 Å². The number of rotatable bonds is 4. The number of aryl methyl sites for hydroxylation is 2. The predicted molar refractivity (Wildman–Crippen MR) is 130 cm³/mol. The van der Waals surface area contributed by atoms with E-state index in [-0.39, 0.29) is 18.1 Å². The molecule has 3 aromatic rings. The first-order valence-electron chi connectivity index (χ1n) is 12.1. The molecule has 1 amide bonds. The van der Waals surface area contributed by atoms with Crippen molar-refractivity contribution in [2.24, 2.45) is 0 Å². The Morgan fingerprint density at radius 3 is 2.68 bits per heavy atom. The molecule has 174 valence electrons. The molecule has 3 heterocycles. The summed E-state index contributed by atoms with van der Waals surface area (Å²) >= 11 is 0. The maximum absolute atomic E-state index is 13.9. The second-order valence-electron chi connectivity index (χ2n) is 9.41. The molecule has 2 atom stereocenters. The van der Waals surface area contributed by atoms with Gasteiger partial charge in [0.25, 0.3) is 5.91 Å². The summed E-state index contributed by atoms with van der Waals surface area (Å²) in [5, 5.41) is 9.13. The fourth-order valence-electron chi connectivity index (χ4n) is 5.25. The van der Waals surface area contributed by atoms with Gasteiger partial charge in [-0.15, -0.1) is 0 Å². The number of aromatic nitrogens is 2. The number of hydrogen-bond donors (Lipinski definition) is 1. The van der Waals surface area contributed by atoms with Gasteiger partial charge in [-0.3, -0.25) is 4.79 Å².